The predicted octanol–water partition coefficient (Wildman–Crippen LogP) is 5.99. The molecule has 0 spiro atoms. The maximum Gasteiger partial charge on any atom is 0.262 e. The summed E-state index contributed by atoms with van der Waals surface area (Å²) in [5.74, 6) is 0.386. The smallest absolute Gasteiger partial charge is 0.262 e. The number of rotatable bonds is 11. The molecule has 0 bridgehead atoms. The van der Waals surface area contributed by atoms with E-state index in [1.165, 1.54) is 6.07 Å². The maximum atomic E-state index is 12.9. The highest BCUT2D eigenvalue weighted by atomic mass is 35.5. The van der Waals surface area contributed by atoms with E-state index in [-0.39, 0.29) is 5.92 Å². The van der Waals surface area contributed by atoms with Crippen LogP contribution in [0.25, 0.3) is 10.8 Å². The van der Waals surface area contributed by atoms with Gasteiger partial charge in [-0.3, -0.25) is 9.59 Å². The van der Waals surface area contributed by atoms with Gasteiger partial charge in [0.25, 0.3) is 11.8 Å². The number of nitrogens with zero attached hydrogens (tertiary/aromatic N) is 1. The van der Waals surface area contributed by atoms with Crippen molar-refractivity contribution in [3.8, 4) is 11.5 Å². The monoisotopic (exact) mass is 543 g/mol. The maximum absolute atomic E-state index is 12.9. The highest BCUT2D eigenvalue weighted by Crippen LogP contribution is 2.29. The van der Waals surface area contributed by atoms with Crippen LogP contribution in [-0.2, 0) is 9.59 Å². The van der Waals surface area contributed by atoms with Crippen LogP contribution in [0, 0.1) is 5.92 Å². The lowest BCUT2D eigenvalue weighted by Gasteiger charge is -2.22. The van der Waals surface area contributed by atoms with E-state index in [4.69, 9.17) is 32.7 Å². The first-order chi connectivity index (χ1) is 17.7. The number of halogens is 2. The first-order valence-electron chi connectivity index (χ1n) is 12.1. The van der Waals surface area contributed by atoms with E-state index in [1.54, 1.807) is 25.3 Å². The number of hydrogen-bond acceptors (Lipinski definition) is 5. The molecule has 3 aromatic rings. The van der Waals surface area contributed by atoms with Crippen LogP contribution < -0.4 is 20.2 Å². The Labute approximate surface area is 227 Å². The summed E-state index contributed by atoms with van der Waals surface area (Å²) in [5, 5.41) is 9.58. The second-order valence-electron chi connectivity index (χ2n) is 8.89. The average Bonchev–Trinajstić information content (AvgIpc) is 2.86. The number of nitrogens with one attached hydrogen (secondary N) is 2. The van der Waals surface area contributed by atoms with Gasteiger partial charge in [0.15, 0.2) is 6.10 Å². The number of benzene rings is 3. The number of hydrazone groups is 1. The lowest BCUT2D eigenvalue weighted by molar-refractivity contribution is -0.132. The molecule has 9 heteroatoms. The third-order valence-electron chi connectivity index (χ3n) is 5.50. The van der Waals surface area contributed by atoms with Crippen LogP contribution in [0.3, 0.4) is 0 Å². The highest BCUT2D eigenvalue weighted by molar-refractivity contribution is 6.35. The SMILES string of the molecule is CCOc1ccc(/C=N\NC(=O)[C@@H](CC(C)C)NC(=O)[C@H](C)Oc2ccc(Cl)cc2Cl)c2ccccc12. The quantitative estimate of drug-likeness (QED) is 0.229. The van der Waals surface area contributed by atoms with E-state index in [0.717, 1.165) is 22.1 Å². The van der Waals surface area contributed by atoms with Crippen molar-refractivity contribution in [3.63, 3.8) is 0 Å². The summed E-state index contributed by atoms with van der Waals surface area (Å²) in [5.41, 5.74) is 3.38. The molecule has 0 aliphatic rings. The predicted molar refractivity (Wildman–Crippen MR) is 149 cm³/mol. The summed E-state index contributed by atoms with van der Waals surface area (Å²) in [7, 11) is 0. The molecule has 0 aliphatic heterocycles. The molecule has 3 rings (SSSR count). The summed E-state index contributed by atoms with van der Waals surface area (Å²) in [6.07, 6.45) is 1.12. The summed E-state index contributed by atoms with van der Waals surface area (Å²) in [4.78, 5) is 25.8. The van der Waals surface area contributed by atoms with Crippen LogP contribution in [0.4, 0.5) is 0 Å². The molecule has 3 aromatic carbocycles. The summed E-state index contributed by atoms with van der Waals surface area (Å²) in [6.45, 7) is 8.02. The van der Waals surface area contributed by atoms with Crippen molar-refractivity contribution in [2.24, 2.45) is 11.0 Å². The zero-order valence-electron chi connectivity index (χ0n) is 21.3. The van der Waals surface area contributed by atoms with Crippen molar-refractivity contribution in [1.82, 2.24) is 10.7 Å². The fraction of sp³-hybridized carbons (Fsp3) is 0.321. The second kappa shape index (κ2) is 13.3. The van der Waals surface area contributed by atoms with Crippen LogP contribution in [0.15, 0.2) is 59.7 Å². The van der Waals surface area contributed by atoms with Crippen LogP contribution >= 0.6 is 23.2 Å². The Morgan fingerprint density at radius 1 is 0.973 bits per heavy atom. The van der Waals surface area contributed by atoms with Crippen molar-refractivity contribution in [2.75, 3.05) is 6.61 Å². The van der Waals surface area contributed by atoms with Crippen molar-refractivity contribution in [2.45, 2.75) is 46.3 Å². The number of hydrogen-bond donors (Lipinski definition) is 2. The van der Waals surface area contributed by atoms with E-state index in [2.05, 4.69) is 15.8 Å². The van der Waals surface area contributed by atoms with Gasteiger partial charge in [0.1, 0.15) is 17.5 Å². The molecule has 2 N–H and O–H groups in total. The largest absolute Gasteiger partial charge is 0.493 e. The average molecular weight is 544 g/mol. The zero-order chi connectivity index (χ0) is 26.9. The minimum absolute atomic E-state index is 0.150. The van der Waals surface area contributed by atoms with Crippen molar-refractivity contribution >= 4 is 52.0 Å². The summed E-state index contributed by atoms with van der Waals surface area (Å²) in [6, 6.07) is 15.5. The third-order valence-corrected chi connectivity index (χ3v) is 6.03. The van der Waals surface area contributed by atoms with Crippen LogP contribution in [0.2, 0.25) is 10.0 Å². The van der Waals surface area contributed by atoms with Gasteiger partial charge < -0.3 is 14.8 Å². The number of amides is 2. The van der Waals surface area contributed by atoms with Crippen molar-refractivity contribution in [3.05, 3.63) is 70.2 Å². The molecule has 196 valence electrons. The number of fused-ring (bicyclic) bond motifs is 1. The van der Waals surface area contributed by atoms with Crippen molar-refractivity contribution in [1.29, 1.82) is 0 Å². The Morgan fingerprint density at radius 3 is 2.35 bits per heavy atom. The Balaban J connectivity index is 1.68. The molecule has 0 unspecified atom stereocenters. The molecule has 0 radical (unpaired) electrons. The number of ether oxygens (including phenoxy) is 2. The summed E-state index contributed by atoms with van der Waals surface area (Å²) >= 11 is 12.1. The fourth-order valence-electron chi connectivity index (χ4n) is 3.74. The van der Waals surface area contributed by atoms with E-state index >= 15 is 0 Å². The van der Waals surface area contributed by atoms with Gasteiger partial charge in [-0.25, -0.2) is 5.43 Å². The molecule has 2 atom stereocenters. The Morgan fingerprint density at radius 2 is 1.68 bits per heavy atom. The zero-order valence-corrected chi connectivity index (χ0v) is 22.8. The topological polar surface area (TPSA) is 89.0 Å². The van der Waals surface area contributed by atoms with E-state index < -0.39 is 24.0 Å². The molecule has 2 amide bonds. The van der Waals surface area contributed by atoms with Gasteiger partial charge in [-0.05, 0) is 61.9 Å². The van der Waals surface area contributed by atoms with Gasteiger partial charge >= 0.3 is 0 Å². The molecule has 0 fully saturated rings. The second-order valence-corrected chi connectivity index (χ2v) is 9.73. The highest BCUT2D eigenvalue weighted by Gasteiger charge is 2.25. The van der Waals surface area contributed by atoms with Crippen LogP contribution in [0.1, 0.15) is 39.7 Å². The van der Waals surface area contributed by atoms with Gasteiger partial charge in [-0.1, -0.05) is 61.3 Å². The molecule has 0 saturated heterocycles. The van der Waals surface area contributed by atoms with Gasteiger partial charge in [-0.15, -0.1) is 0 Å². The molecular formula is C28H31Cl2N3O4. The minimum atomic E-state index is -0.889. The lowest BCUT2D eigenvalue weighted by Crippen LogP contribution is -2.49. The third kappa shape index (κ3) is 7.84. The van der Waals surface area contributed by atoms with E-state index in [1.807, 2.05) is 57.2 Å². The first kappa shape index (κ1) is 28.3. The normalized spacial score (nSPS) is 12.9. The standard InChI is InChI=1S/C28H31Cl2N3O4/c1-5-36-25-12-10-19(21-8-6-7-9-22(21)25)16-31-33-28(35)24(14-17(2)3)32-27(34)18(4)37-26-13-11-20(29)15-23(26)30/h6-13,15-18,24H,5,14H2,1-4H3,(H,32,34)(H,33,35)/b31-16-/t18-,24+/m0/s1. The number of carbonyl (C=O) groups is 2. The van der Waals surface area contributed by atoms with Gasteiger partial charge in [0, 0.05) is 16.0 Å². The lowest BCUT2D eigenvalue weighted by atomic mass is 10.0. The Bertz CT molecular complexity index is 1280. The van der Waals surface area contributed by atoms with Gasteiger partial charge in [0.2, 0.25) is 0 Å². The van der Waals surface area contributed by atoms with Crippen LogP contribution in [0.5, 0.6) is 11.5 Å². The molecular weight excluding hydrogens is 513 g/mol. The molecule has 37 heavy (non-hydrogen) atoms. The van der Waals surface area contributed by atoms with E-state index in [9.17, 15) is 9.59 Å². The molecule has 0 heterocycles. The molecule has 0 aromatic heterocycles. The number of carbonyl (C=O) groups excluding carboxylic acids is 2. The van der Waals surface area contributed by atoms with Crippen molar-refractivity contribution < 1.29 is 19.1 Å². The van der Waals surface area contributed by atoms with E-state index in [0.29, 0.717) is 28.8 Å². The molecule has 7 nitrogen and oxygen atoms in total. The minimum Gasteiger partial charge on any atom is -0.493 e. The summed E-state index contributed by atoms with van der Waals surface area (Å²) < 4.78 is 11.4. The molecule has 0 saturated carbocycles. The fourth-order valence-corrected chi connectivity index (χ4v) is 4.19. The van der Waals surface area contributed by atoms with Crippen LogP contribution in [-0.4, -0.2) is 36.8 Å². The first-order valence-corrected chi connectivity index (χ1v) is 12.8. The van der Waals surface area contributed by atoms with Gasteiger partial charge in [0.05, 0.1) is 17.8 Å². The molecule has 0 aliphatic carbocycles. The Hall–Kier alpha value is -3.29. The van der Waals surface area contributed by atoms with Gasteiger partial charge in [-0.2, -0.15) is 5.10 Å². The Kier molecular flexibility index (Phi) is 10.2.